The van der Waals surface area contributed by atoms with Crippen LogP contribution in [0.3, 0.4) is 0 Å². The molecule has 35 heavy (non-hydrogen) atoms. The molecule has 1 atom stereocenters. The van der Waals surface area contributed by atoms with Crippen LogP contribution in [0.4, 0.5) is 21.2 Å². The summed E-state index contributed by atoms with van der Waals surface area (Å²) in [6.07, 6.45) is 2.59. The van der Waals surface area contributed by atoms with Gasteiger partial charge >= 0.3 is 12.2 Å². The van der Waals surface area contributed by atoms with Crippen molar-refractivity contribution in [3.63, 3.8) is 0 Å². The van der Waals surface area contributed by atoms with Crippen LogP contribution in [0.25, 0.3) is 0 Å². The van der Waals surface area contributed by atoms with Crippen LogP contribution in [0, 0.1) is 0 Å². The van der Waals surface area contributed by atoms with Crippen molar-refractivity contribution in [3.05, 3.63) is 46.7 Å². The number of rotatable bonds is 3. The number of nitrogens with zero attached hydrogens (tertiary/aromatic N) is 2. The zero-order valence-electron chi connectivity index (χ0n) is 20.8. The average Bonchev–Trinajstić information content (AvgIpc) is 3.13. The maximum atomic E-state index is 11.7. The Bertz CT molecular complexity index is 1010. The second kappa shape index (κ2) is 11.8. The minimum absolute atomic E-state index is 0.253. The normalized spacial score (nSPS) is 17.6. The largest absolute Gasteiger partial charge is 0.444 e. The van der Waals surface area contributed by atoms with Crippen molar-refractivity contribution in [3.8, 4) is 0 Å². The van der Waals surface area contributed by atoms with Crippen LogP contribution >= 0.6 is 15.9 Å². The Morgan fingerprint density at radius 3 is 1.94 bits per heavy atom. The number of amides is 2. The second-order valence-corrected chi connectivity index (χ2v) is 10.8. The lowest BCUT2D eigenvalue weighted by Gasteiger charge is -2.22. The van der Waals surface area contributed by atoms with Gasteiger partial charge < -0.3 is 19.3 Å². The molecule has 0 aliphatic carbocycles. The van der Waals surface area contributed by atoms with Gasteiger partial charge in [0.15, 0.2) is 0 Å². The smallest absolute Gasteiger partial charge is 0.413 e. The molecule has 0 bridgehead atoms. The second-order valence-electron chi connectivity index (χ2n) is 9.88. The van der Waals surface area contributed by atoms with Gasteiger partial charge in [-0.15, -0.1) is 0 Å². The Morgan fingerprint density at radius 2 is 1.49 bits per heavy atom. The SMILES string of the molecule is CC(C)(C)OC(=O)Nc1cc(Br)ccn1.CC(C)(C)OC(=O)Nc1cc(C2(O)CCOC2)ccn1. The number of halogens is 1. The minimum atomic E-state index is -1.01. The summed E-state index contributed by atoms with van der Waals surface area (Å²) in [6, 6.07) is 6.83. The molecule has 192 valence electrons. The third-order valence-corrected chi connectivity index (χ3v) is 4.77. The number of hydrogen-bond donors (Lipinski definition) is 3. The molecule has 1 aliphatic rings. The van der Waals surface area contributed by atoms with Crippen molar-refractivity contribution in [2.45, 2.75) is 64.8 Å². The van der Waals surface area contributed by atoms with E-state index in [1.165, 1.54) is 0 Å². The van der Waals surface area contributed by atoms with E-state index in [9.17, 15) is 14.7 Å². The molecule has 0 aromatic carbocycles. The molecule has 1 unspecified atom stereocenters. The number of aliphatic hydroxyl groups is 1. The van der Waals surface area contributed by atoms with Crippen LogP contribution in [0.1, 0.15) is 53.5 Å². The van der Waals surface area contributed by atoms with E-state index < -0.39 is 29.0 Å². The fourth-order valence-electron chi connectivity index (χ4n) is 2.86. The summed E-state index contributed by atoms with van der Waals surface area (Å²) in [4.78, 5) is 31.0. The number of carbonyl (C=O) groups is 2. The van der Waals surface area contributed by atoms with Gasteiger partial charge in [-0.1, -0.05) is 15.9 Å². The Balaban J connectivity index is 0.000000258. The van der Waals surface area contributed by atoms with Gasteiger partial charge in [0.2, 0.25) is 0 Å². The van der Waals surface area contributed by atoms with Crippen molar-refractivity contribution in [2.75, 3.05) is 23.8 Å². The highest BCUT2D eigenvalue weighted by Crippen LogP contribution is 2.31. The Hall–Kier alpha value is -2.76. The summed E-state index contributed by atoms with van der Waals surface area (Å²) < 4.78 is 16.3. The zero-order chi connectivity index (χ0) is 26.3. The first-order valence-corrected chi connectivity index (χ1v) is 11.8. The van der Waals surface area contributed by atoms with Crippen LogP contribution in [0.15, 0.2) is 41.1 Å². The predicted molar refractivity (Wildman–Crippen MR) is 135 cm³/mol. The fourth-order valence-corrected chi connectivity index (χ4v) is 3.19. The van der Waals surface area contributed by atoms with Gasteiger partial charge in [0.25, 0.3) is 0 Å². The molecule has 1 saturated heterocycles. The number of ether oxygens (including phenoxy) is 3. The molecule has 10 nitrogen and oxygen atoms in total. The Kier molecular flexibility index (Phi) is 9.59. The molecule has 3 heterocycles. The Morgan fingerprint density at radius 1 is 0.971 bits per heavy atom. The van der Waals surface area contributed by atoms with Crippen molar-refractivity contribution < 1.29 is 28.9 Å². The van der Waals surface area contributed by atoms with E-state index in [-0.39, 0.29) is 6.61 Å². The van der Waals surface area contributed by atoms with Crippen LogP contribution in [-0.4, -0.2) is 51.7 Å². The third kappa shape index (κ3) is 10.6. The van der Waals surface area contributed by atoms with Gasteiger partial charge in [-0.05, 0) is 71.4 Å². The molecule has 2 aromatic heterocycles. The molecule has 2 amide bonds. The number of pyridine rings is 2. The van der Waals surface area contributed by atoms with E-state index in [1.54, 1.807) is 78.2 Å². The number of anilines is 2. The lowest BCUT2D eigenvalue weighted by Crippen LogP contribution is -2.28. The topological polar surface area (TPSA) is 132 Å². The molecule has 1 aliphatic heterocycles. The van der Waals surface area contributed by atoms with Gasteiger partial charge in [-0.2, -0.15) is 0 Å². The molecule has 3 N–H and O–H groups in total. The van der Waals surface area contributed by atoms with E-state index in [0.29, 0.717) is 30.2 Å². The monoisotopic (exact) mass is 552 g/mol. The molecular weight excluding hydrogens is 520 g/mol. The summed E-state index contributed by atoms with van der Waals surface area (Å²) in [7, 11) is 0. The van der Waals surface area contributed by atoms with Crippen LogP contribution in [-0.2, 0) is 19.8 Å². The highest BCUT2D eigenvalue weighted by atomic mass is 79.9. The van der Waals surface area contributed by atoms with Crippen LogP contribution in [0.5, 0.6) is 0 Å². The molecule has 0 spiro atoms. The summed E-state index contributed by atoms with van der Waals surface area (Å²) in [5, 5.41) is 15.5. The summed E-state index contributed by atoms with van der Waals surface area (Å²) in [5.74, 6) is 0.802. The van der Waals surface area contributed by atoms with E-state index >= 15 is 0 Å². The first-order chi connectivity index (χ1) is 16.2. The highest BCUT2D eigenvalue weighted by molar-refractivity contribution is 9.10. The van der Waals surface area contributed by atoms with Crippen molar-refractivity contribution >= 4 is 39.8 Å². The fraction of sp³-hybridized carbons (Fsp3) is 0.500. The molecule has 3 rings (SSSR count). The Labute approximate surface area is 213 Å². The third-order valence-electron chi connectivity index (χ3n) is 4.28. The first-order valence-electron chi connectivity index (χ1n) is 11.0. The lowest BCUT2D eigenvalue weighted by molar-refractivity contribution is 0.0231. The average molecular weight is 553 g/mol. The maximum Gasteiger partial charge on any atom is 0.413 e. The van der Waals surface area contributed by atoms with Gasteiger partial charge in [-0.25, -0.2) is 19.6 Å². The molecule has 0 saturated carbocycles. The lowest BCUT2D eigenvalue weighted by atomic mass is 9.94. The van der Waals surface area contributed by atoms with E-state index in [1.807, 2.05) is 0 Å². The minimum Gasteiger partial charge on any atom is -0.444 e. The van der Waals surface area contributed by atoms with Crippen LogP contribution in [0.2, 0.25) is 0 Å². The predicted octanol–water partition coefficient (Wildman–Crippen LogP) is 5.23. The maximum absolute atomic E-state index is 11.7. The summed E-state index contributed by atoms with van der Waals surface area (Å²) in [5.41, 5.74) is -1.40. The van der Waals surface area contributed by atoms with Gasteiger partial charge in [0.1, 0.15) is 28.4 Å². The van der Waals surface area contributed by atoms with E-state index in [2.05, 4.69) is 36.5 Å². The van der Waals surface area contributed by atoms with Crippen LogP contribution < -0.4 is 10.6 Å². The standard InChI is InChI=1S/C14H20N2O4.C10H13BrN2O2/c1-13(2,3)20-12(17)16-11-8-10(4-6-15-11)14(18)5-7-19-9-14;1-10(2,3)15-9(14)13-8-6-7(11)4-5-12-8/h4,6,8,18H,5,7,9H2,1-3H3,(H,15,16,17);4-6H,1-3H3,(H,12,13,14). The molecule has 0 radical (unpaired) electrons. The molecular formula is C24H33BrN4O6. The summed E-state index contributed by atoms with van der Waals surface area (Å²) >= 11 is 3.28. The number of carbonyl (C=O) groups excluding carboxylic acids is 2. The zero-order valence-corrected chi connectivity index (χ0v) is 22.4. The first kappa shape index (κ1) is 28.5. The molecule has 1 fully saturated rings. The van der Waals surface area contributed by atoms with E-state index in [4.69, 9.17) is 14.2 Å². The van der Waals surface area contributed by atoms with Crippen molar-refractivity contribution in [1.82, 2.24) is 9.97 Å². The quantitative estimate of drug-likeness (QED) is 0.471. The molecule has 2 aromatic rings. The highest BCUT2D eigenvalue weighted by Gasteiger charge is 2.34. The molecule has 11 heteroatoms. The van der Waals surface area contributed by atoms with Crippen molar-refractivity contribution in [1.29, 1.82) is 0 Å². The number of nitrogens with one attached hydrogen (secondary N) is 2. The van der Waals surface area contributed by atoms with Gasteiger partial charge in [0, 0.05) is 29.9 Å². The number of hydrogen-bond acceptors (Lipinski definition) is 8. The summed E-state index contributed by atoms with van der Waals surface area (Å²) in [6.45, 7) is 11.6. The van der Waals surface area contributed by atoms with E-state index in [0.717, 1.165) is 4.47 Å². The van der Waals surface area contributed by atoms with Crippen molar-refractivity contribution in [2.24, 2.45) is 0 Å². The number of aromatic nitrogens is 2. The van der Waals surface area contributed by atoms with Gasteiger partial charge in [-0.3, -0.25) is 10.6 Å². The van der Waals surface area contributed by atoms with Gasteiger partial charge in [0.05, 0.1) is 6.61 Å².